The number of hydrogen-bond donors (Lipinski definition) is 2. The lowest BCUT2D eigenvalue weighted by Crippen LogP contribution is -2.46. The topological polar surface area (TPSA) is 102 Å². The molecular formula is C30H39FN4O4S. The fraction of sp³-hybridized carbons (Fsp3) is 0.400. The molecule has 10 heteroatoms. The van der Waals surface area contributed by atoms with Crippen LogP contribution < -0.4 is 10.6 Å². The van der Waals surface area contributed by atoms with E-state index < -0.39 is 23.7 Å². The molecule has 2 N–H and O–H groups in total. The second kappa shape index (κ2) is 14.7. The minimum Gasteiger partial charge on any atom is -0.382 e. The average molecular weight is 571 g/mol. The summed E-state index contributed by atoms with van der Waals surface area (Å²) in [5.41, 5.74) is 1.52. The van der Waals surface area contributed by atoms with Crippen LogP contribution in [0.4, 0.5) is 9.52 Å². The SMILES string of the molecule is C/C=C\c1c(F)cc(-c2csc(NC(=O)C(COC)NC(=O)c3ccn(C(C)(C)C)c3)n2)cc1C(C)=O.CCC. The van der Waals surface area contributed by atoms with E-state index >= 15 is 0 Å². The van der Waals surface area contributed by atoms with Crippen LogP contribution >= 0.6 is 11.3 Å². The number of ketones is 1. The maximum absolute atomic E-state index is 14.7. The second-order valence-corrected chi connectivity index (χ2v) is 11.0. The number of rotatable bonds is 9. The highest BCUT2D eigenvalue weighted by molar-refractivity contribution is 7.14. The molecule has 0 bridgehead atoms. The van der Waals surface area contributed by atoms with E-state index in [1.54, 1.807) is 42.8 Å². The largest absolute Gasteiger partial charge is 0.382 e. The zero-order valence-electron chi connectivity index (χ0n) is 24.4. The molecule has 0 aliphatic heterocycles. The zero-order chi connectivity index (χ0) is 30.0. The molecule has 3 rings (SSSR count). The molecule has 2 amide bonds. The number of carbonyl (C=O) groups is 3. The Balaban J connectivity index is 0.00000178. The second-order valence-electron chi connectivity index (χ2n) is 10.2. The van der Waals surface area contributed by atoms with E-state index in [1.807, 2.05) is 31.5 Å². The highest BCUT2D eigenvalue weighted by Gasteiger charge is 2.24. The van der Waals surface area contributed by atoms with Gasteiger partial charge in [-0.15, -0.1) is 11.3 Å². The van der Waals surface area contributed by atoms with Crippen molar-refractivity contribution in [1.29, 1.82) is 0 Å². The third-order valence-corrected chi connectivity index (χ3v) is 6.31. The summed E-state index contributed by atoms with van der Waals surface area (Å²) in [6.07, 6.45) is 7.99. The van der Waals surface area contributed by atoms with E-state index in [0.717, 1.165) is 11.3 Å². The number of thiazole rings is 1. The Morgan fingerprint density at radius 3 is 2.45 bits per heavy atom. The summed E-state index contributed by atoms with van der Waals surface area (Å²) in [4.78, 5) is 42.2. The summed E-state index contributed by atoms with van der Waals surface area (Å²) in [6, 6.07) is 3.61. The van der Waals surface area contributed by atoms with Crippen LogP contribution in [0.1, 0.15) is 81.2 Å². The minimum absolute atomic E-state index is 0.0463. The molecule has 40 heavy (non-hydrogen) atoms. The lowest BCUT2D eigenvalue weighted by atomic mass is 9.99. The quantitative estimate of drug-likeness (QED) is 0.284. The van der Waals surface area contributed by atoms with Crippen LogP contribution in [0, 0.1) is 5.82 Å². The number of anilines is 1. The van der Waals surface area contributed by atoms with Crippen molar-refractivity contribution in [3.05, 3.63) is 64.6 Å². The molecule has 1 unspecified atom stereocenters. The van der Waals surface area contributed by atoms with Gasteiger partial charge in [0.05, 0.1) is 17.9 Å². The highest BCUT2D eigenvalue weighted by atomic mass is 32.1. The van der Waals surface area contributed by atoms with E-state index in [-0.39, 0.29) is 34.2 Å². The number of methoxy groups -OCH3 is 1. The molecule has 0 spiro atoms. The molecule has 1 atom stereocenters. The van der Waals surface area contributed by atoms with Gasteiger partial charge in [0.2, 0.25) is 0 Å². The first-order valence-corrected chi connectivity index (χ1v) is 14.0. The molecule has 2 heterocycles. The van der Waals surface area contributed by atoms with Crippen molar-refractivity contribution in [2.45, 2.75) is 66.5 Å². The van der Waals surface area contributed by atoms with Crippen molar-refractivity contribution in [3.63, 3.8) is 0 Å². The number of benzene rings is 1. The third kappa shape index (κ3) is 8.69. The van der Waals surface area contributed by atoms with Crippen LogP contribution in [0.15, 0.2) is 42.0 Å². The highest BCUT2D eigenvalue weighted by Crippen LogP contribution is 2.29. The van der Waals surface area contributed by atoms with Crippen molar-refractivity contribution in [1.82, 2.24) is 14.9 Å². The van der Waals surface area contributed by atoms with Crippen LogP contribution in [0.5, 0.6) is 0 Å². The average Bonchev–Trinajstić information content (AvgIpc) is 3.55. The van der Waals surface area contributed by atoms with Crippen LogP contribution in [0.2, 0.25) is 0 Å². The standard InChI is InChI=1S/C27H31FN4O4S.C3H8/c1-7-8-19-20(16(2)33)11-18(12-21(19)28)23-15-37-26(30-23)31-25(35)22(14-36-6)29-24(34)17-9-10-32(13-17)27(3,4)5;1-3-2/h7-13,15,22H,14H2,1-6H3,(H,29,34)(H,30,31,35);3H2,1-2H3/b8-7-;. The van der Waals surface area contributed by atoms with E-state index in [2.05, 4.69) is 29.5 Å². The monoisotopic (exact) mass is 570 g/mol. The van der Waals surface area contributed by atoms with Gasteiger partial charge in [0.1, 0.15) is 11.9 Å². The molecule has 0 saturated heterocycles. The van der Waals surface area contributed by atoms with Gasteiger partial charge in [-0.1, -0.05) is 32.4 Å². The molecule has 0 fully saturated rings. The number of hydrogen-bond acceptors (Lipinski definition) is 6. The van der Waals surface area contributed by atoms with Crippen LogP contribution in [-0.2, 0) is 15.1 Å². The van der Waals surface area contributed by atoms with E-state index in [9.17, 15) is 18.8 Å². The van der Waals surface area contributed by atoms with Crippen LogP contribution in [0.3, 0.4) is 0 Å². The van der Waals surface area contributed by atoms with Gasteiger partial charge in [-0.2, -0.15) is 0 Å². The molecule has 0 radical (unpaired) electrons. The molecule has 0 aliphatic rings. The fourth-order valence-corrected chi connectivity index (χ4v) is 4.31. The van der Waals surface area contributed by atoms with E-state index in [1.165, 1.54) is 26.5 Å². The van der Waals surface area contributed by atoms with Gasteiger partial charge in [-0.25, -0.2) is 9.37 Å². The fourth-order valence-electron chi connectivity index (χ4n) is 3.59. The first-order chi connectivity index (χ1) is 18.9. The summed E-state index contributed by atoms with van der Waals surface area (Å²) in [7, 11) is 1.43. The number of nitrogens with one attached hydrogen (secondary N) is 2. The number of allylic oxidation sites excluding steroid dienone is 1. The normalized spacial score (nSPS) is 12.0. The molecule has 0 aliphatic carbocycles. The van der Waals surface area contributed by atoms with Gasteiger partial charge >= 0.3 is 0 Å². The van der Waals surface area contributed by atoms with Gasteiger partial charge in [-0.3, -0.25) is 14.4 Å². The number of carbonyl (C=O) groups excluding carboxylic acids is 3. The van der Waals surface area contributed by atoms with Gasteiger partial charge in [-0.05, 0) is 52.8 Å². The van der Waals surface area contributed by atoms with E-state index in [0.29, 0.717) is 16.8 Å². The minimum atomic E-state index is -0.968. The number of Topliss-reactive ketones (excluding diaryl/α,β-unsaturated/α-hetero) is 1. The maximum Gasteiger partial charge on any atom is 0.253 e. The Kier molecular flexibility index (Phi) is 11.9. The first kappa shape index (κ1) is 32.6. The molecule has 1 aromatic carbocycles. The number of nitrogens with zero attached hydrogens (tertiary/aromatic N) is 2. The molecule has 8 nitrogen and oxygen atoms in total. The Labute approximate surface area is 239 Å². The summed E-state index contributed by atoms with van der Waals surface area (Å²) in [6.45, 7) is 13.4. The Morgan fingerprint density at radius 2 is 1.90 bits per heavy atom. The summed E-state index contributed by atoms with van der Waals surface area (Å²) in [5, 5.41) is 7.30. The lowest BCUT2D eigenvalue weighted by molar-refractivity contribution is -0.119. The van der Waals surface area contributed by atoms with Gasteiger partial charge < -0.3 is 19.9 Å². The van der Waals surface area contributed by atoms with Gasteiger partial charge in [0, 0.05) is 47.1 Å². The predicted molar refractivity (Wildman–Crippen MR) is 159 cm³/mol. The van der Waals surface area contributed by atoms with Crippen molar-refractivity contribution < 1.29 is 23.5 Å². The summed E-state index contributed by atoms with van der Waals surface area (Å²) in [5.74, 6) is -1.73. The number of amides is 2. The number of halogens is 1. The number of aromatic nitrogens is 2. The Bertz CT molecular complexity index is 1350. The Hall–Kier alpha value is -3.63. The van der Waals surface area contributed by atoms with Gasteiger partial charge in [0.15, 0.2) is 10.9 Å². The molecule has 216 valence electrons. The van der Waals surface area contributed by atoms with Crippen LogP contribution in [-0.4, -0.2) is 46.9 Å². The smallest absolute Gasteiger partial charge is 0.253 e. The lowest BCUT2D eigenvalue weighted by Gasteiger charge is -2.21. The van der Waals surface area contributed by atoms with Crippen molar-refractivity contribution in [2.24, 2.45) is 0 Å². The van der Waals surface area contributed by atoms with Crippen molar-refractivity contribution >= 4 is 40.1 Å². The van der Waals surface area contributed by atoms with E-state index in [4.69, 9.17) is 4.74 Å². The third-order valence-electron chi connectivity index (χ3n) is 5.56. The van der Waals surface area contributed by atoms with Crippen LogP contribution in [0.25, 0.3) is 17.3 Å². The van der Waals surface area contributed by atoms with Crippen molar-refractivity contribution in [2.75, 3.05) is 19.0 Å². The van der Waals surface area contributed by atoms with Crippen molar-refractivity contribution in [3.8, 4) is 11.3 Å². The van der Waals surface area contributed by atoms with Gasteiger partial charge in [0.25, 0.3) is 11.8 Å². The predicted octanol–water partition coefficient (Wildman–Crippen LogP) is 6.54. The zero-order valence-corrected chi connectivity index (χ0v) is 25.2. The summed E-state index contributed by atoms with van der Waals surface area (Å²) >= 11 is 1.14. The number of ether oxygens (including phenoxy) is 1. The maximum atomic E-state index is 14.7. The molecule has 0 saturated carbocycles. The summed E-state index contributed by atoms with van der Waals surface area (Å²) < 4.78 is 21.8. The molecular weight excluding hydrogens is 531 g/mol. The first-order valence-electron chi connectivity index (χ1n) is 13.1. The molecule has 2 aromatic heterocycles. The molecule has 3 aromatic rings. The Morgan fingerprint density at radius 1 is 1.23 bits per heavy atom.